The summed E-state index contributed by atoms with van der Waals surface area (Å²) < 4.78 is 0. The highest BCUT2D eigenvalue weighted by atomic mass is 16.2. The molecule has 7 nitrogen and oxygen atoms in total. The van der Waals surface area contributed by atoms with E-state index in [1.165, 1.54) is 0 Å². The summed E-state index contributed by atoms with van der Waals surface area (Å²) in [7, 11) is 0. The molecule has 1 amide bonds. The van der Waals surface area contributed by atoms with Gasteiger partial charge in [-0.15, -0.1) is 0 Å². The lowest BCUT2D eigenvalue weighted by Crippen LogP contribution is -2.15. The molecule has 2 heterocycles. The minimum Gasteiger partial charge on any atom is -0.395 e. The first-order valence-corrected chi connectivity index (χ1v) is 4.85. The molecule has 2 rings (SSSR count). The van der Waals surface area contributed by atoms with E-state index in [0.717, 1.165) is 5.69 Å². The fraction of sp³-hybridized carbons (Fsp3) is 0.222. The quantitative estimate of drug-likeness (QED) is 0.604. The zero-order chi connectivity index (χ0) is 11.5. The van der Waals surface area contributed by atoms with Crippen molar-refractivity contribution >= 4 is 17.5 Å². The average Bonchev–Trinajstić information content (AvgIpc) is 2.87. The number of carbonyl (C=O) groups excluding carboxylic acids is 1. The highest BCUT2D eigenvalue weighted by molar-refractivity contribution is 6.05. The van der Waals surface area contributed by atoms with Crippen LogP contribution in [0, 0.1) is 0 Å². The third-order valence-corrected chi connectivity index (χ3v) is 2.18. The third kappa shape index (κ3) is 1.74. The molecule has 0 unspecified atom stereocenters. The molecule has 2 aromatic heterocycles. The zero-order valence-corrected chi connectivity index (χ0v) is 8.74. The summed E-state index contributed by atoms with van der Waals surface area (Å²) >= 11 is 0. The number of aryl methyl sites for hydroxylation is 1. The molecule has 5 N–H and O–H groups in total. The Labute approximate surface area is 91.5 Å². The molecular formula is C9H12N6O. The Morgan fingerprint density at radius 3 is 3.00 bits per heavy atom. The van der Waals surface area contributed by atoms with Crippen molar-refractivity contribution in [2.24, 2.45) is 0 Å². The molecule has 0 aromatic carbocycles. The molecule has 0 aliphatic rings. The molecule has 7 heteroatoms. The molecule has 0 aliphatic heterocycles. The monoisotopic (exact) mass is 220 g/mol. The number of nitrogens with one attached hydrogen (secondary N) is 3. The van der Waals surface area contributed by atoms with Crippen molar-refractivity contribution in [1.82, 2.24) is 20.2 Å². The topological polar surface area (TPSA) is 112 Å². The van der Waals surface area contributed by atoms with Gasteiger partial charge in [0.25, 0.3) is 5.91 Å². The van der Waals surface area contributed by atoms with Gasteiger partial charge in [-0.3, -0.25) is 15.2 Å². The standard InChI is InChI=1S/C9H12N6O/c1-2-5-6(10)7(15-14-5)8(16)13-9-11-3-4-12-9/h3-4H,2,10H2,1H3,(H,14,15)(H2,11,12,13,16). The van der Waals surface area contributed by atoms with E-state index in [0.29, 0.717) is 18.1 Å². The molecule has 0 saturated carbocycles. The maximum Gasteiger partial charge on any atom is 0.280 e. The van der Waals surface area contributed by atoms with E-state index >= 15 is 0 Å². The molecule has 0 fully saturated rings. The summed E-state index contributed by atoms with van der Waals surface area (Å²) in [5, 5.41) is 9.13. The van der Waals surface area contributed by atoms with E-state index in [-0.39, 0.29) is 11.6 Å². The number of imidazole rings is 1. The van der Waals surface area contributed by atoms with E-state index < -0.39 is 0 Å². The number of amides is 1. The molecule has 2 aromatic rings. The summed E-state index contributed by atoms with van der Waals surface area (Å²) in [6.45, 7) is 1.93. The molecule has 0 radical (unpaired) electrons. The number of rotatable bonds is 3. The van der Waals surface area contributed by atoms with Gasteiger partial charge in [0.2, 0.25) is 5.95 Å². The molecular weight excluding hydrogens is 208 g/mol. The van der Waals surface area contributed by atoms with Crippen LogP contribution in [0.2, 0.25) is 0 Å². The first-order valence-electron chi connectivity index (χ1n) is 4.85. The minimum absolute atomic E-state index is 0.188. The lowest BCUT2D eigenvalue weighted by atomic mass is 10.2. The van der Waals surface area contributed by atoms with E-state index in [9.17, 15) is 4.79 Å². The summed E-state index contributed by atoms with van der Waals surface area (Å²) in [5.74, 6) is -0.0196. The van der Waals surface area contributed by atoms with Crippen molar-refractivity contribution in [2.75, 3.05) is 11.1 Å². The molecule has 0 aliphatic carbocycles. The van der Waals surface area contributed by atoms with E-state index in [1.54, 1.807) is 12.4 Å². The Kier molecular flexibility index (Phi) is 2.59. The summed E-state index contributed by atoms with van der Waals surface area (Å²) in [5.41, 5.74) is 7.08. The number of nitrogens with two attached hydrogens (primary N) is 1. The minimum atomic E-state index is -0.386. The summed E-state index contributed by atoms with van der Waals surface area (Å²) in [6.07, 6.45) is 3.86. The zero-order valence-electron chi connectivity index (χ0n) is 8.74. The molecule has 0 spiro atoms. The number of aromatic nitrogens is 4. The molecule has 84 valence electrons. The van der Waals surface area contributed by atoms with Gasteiger partial charge in [-0.05, 0) is 6.42 Å². The van der Waals surface area contributed by atoms with E-state index in [4.69, 9.17) is 5.73 Å². The summed E-state index contributed by atoms with van der Waals surface area (Å²) in [6, 6.07) is 0. The van der Waals surface area contributed by atoms with Crippen LogP contribution in [0.25, 0.3) is 0 Å². The molecule has 16 heavy (non-hydrogen) atoms. The second-order valence-electron chi connectivity index (χ2n) is 3.21. The number of hydrogen-bond donors (Lipinski definition) is 4. The van der Waals surface area contributed by atoms with Crippen molar-refractivity contribution in [2.45, 2.75) is 13.3 Å². The third-order valence-electron chi connectivity index (χ3n) is 2.18. The lowest BCUT2D eigenvalue weighted by molar-refractivity contribution is 0.102. The number of aromatic amines is 2. The first-order chi connectivity index (χ1) is 7.72. The second kappa shape index (κ2) is 4.05. The van der Waals surface area contributed by atoms with Crippen LogP contribution in [-0.4, -0.2) is 26.1 Å². The maximum atomic E-state index is 11.7. The lowest BCUT2D eigenvalue weighted by Gasteiger charge is -1.99. The van der Waals surface area contributed by atoms with Crippen LogP contribution in [0.4, 0.5) is 11.6 Å². The Morgan fingerprint density at radius 2 is 2.44 bits per heavy atom. The smallest absolute Gasteiger partial charge is 0.280 e. The van der Waals surface area contributed by atoms with Crippen molar-refractivity contribution < 1.29 is 4.79 Å². The van der Waals surface area contributed by atoms with E-state index in [1.807, 2.05) is 6.92 Å². The van der Waals surface area contributed by atoms with Crippen molar-refractivity contribution in [3.63, 3.8) is 0 Å². The van der Waals surface area contributed by atoms with Crippen LogP contribution >= 0.6 is 0 Å². The molecule has 0 bridgehead atoms. The van der Waals surface area contributed by atoms with Gasteiger partial charge in [0.15, 0.2) is 5.69 Å². The number of hydrogen-bond acceptors (Lipinski definition) is 4. The van der Waals surface area contributed by atoms with Crippen LogP contribution in [0.3, 0.4) is 0 Å². The predicted molar refractivity (Wildman–Crippen MR) is 58.9 cm³/mol. The van der Waals surface area contributed by atoms with Crippen molar-refractivity contribution in [3.05, 3.63) is 23.8 Å². The fourth-order valence-electron chi connectivity index (χ4n) is 1.33. The maximum absolute atomic E-state index is 11.7. The number of nitrogen functional groups attached to an aromatic ring is 1. The largest absolute Gasteiger partial charge is 0.395 e. The van der Waals surface area contributed by atoms with Crippen LogP contribution < -0.4 is 11.1 Å². The van der Waals surface area contributed by atoms with Gasteiger partial charge in [-0.25, -0.2) is 4.98 Å². The van der Waals surface area contributed by atoms with Gasteiger partial charge < -0.3 is 10.7 Å². The molecule has 0 atom stereocenters. The number of anilines is 2. The number of carbonyl (C=O) groups is 1. The number of H-pyrrole nitrogens is 2. The van der Waals surface area contributed by atoms with Crippen LogP contribution in [0.1, 0.15) is 23.1 Å². The summed E-state index contributed by atoms with van der Waals surface area (Å²) in [4.78, 5) is 18.4. The van der Waals surface area contributed by atoms with Gasteiger partial charge in [0.05, 0.1) is 11.4 Å². The van der Waals surface area contributed by atoms with Crippen LogP contribution in [-0.2, 0) is 6.42 Å². The first kappa shape index (κ1) is 10.2. The Bertz CT molecular complexity index is 486. The normalized spacial score (nSPS) is 10.3. The Hall–Kier alpha value is -2.31. The van der Waals surface area contributed by atoms with Gasteiger partial charge in [-0.2, -0.15) is 5.10 Å². The van der Waals surface area contributed by atoms with E-state index in [2.05, 4.69) is 25.5 Å². The highest BCUT2D eigenvalue weighted by Crippen LogP contribution is 2.15. The van der Waals surface area contributed by atoms with Crippen LogP contribution in [0.15, 0.2) is 12.4 Å². The second-order valence-corrected chi connectivity index (χ2v) is 3.21. The van der Waals surface area contributed by atoms with Gasteiger partial charge in [0, 0.05) is 12.4 Å². The SMILES string of the molecule is CCc1[nH]nc(C(=O)Nc2ncc[nH]2)c1N. The van der Waals surface area contributed by atoms with Gasteiger partial charge in [0.1, 0.15) is 0 Å². The van der Waals surface area contributed by atoms with Gasteiger partial charge in [-0.1, -0.05) is 6.92 Å². The molecule has 0 saturated heterocycles. The Balaban J connectivity index is 2.18. The van der Waals surface area contributed by atoms with Crippen LogP contribution in [0.5, 0.6) is 0 Å². The average molecular weight is 220 g/mol. The fourth-order valence-corrected chi connectivity index (χ4v) is 1.33. The number of nitrogens with zero attached hydrogens (tertiary/aromatic N) is 2. The van der Waals surface area contributed by atoms with Crippen molar-refractivity contribution in [1.29, 1.82) is 0 Å². The van der Waals surface area contributed by atoms with Gasteiger partial charge >= 0.3 is 0 Å². The highest BCUT2D eigenvalue weighted by Gasteiger charge is 2.16. The van der Waals surface area contributed by atoms with Crippen molar-refractivity contribution in [3.8, 4) is 0 Å². The predicted octanol–water partition coefficient (Wildman–Crippen LogP) is 0.530. The Morgan fingerprint density at radius 1 is 1.62 bits per heavy atom.